The van der Waals surface area contributed by atoms with Gasteiger partial charge in [-0.25, -0.2) is 0 Å². The SMILES string of the molecule is CC(=O)CCC=CCO. The minimum absolute atomic E-state index is 0.0674. The molecule has 0 saturated carbocycles. The Morgan fingerprint density at radius 3 is 2.67 bits per heavy atom. The van der Waals surface area contributed by atoms with Crippen molar-refractivity contribution in [3.8, 4) is 0 Å². The highest BCUT2D eigenvalue weighted by Gasteiger charge is 1.86. The fourth-order valence-electron chi connectivity index (χ4n) is 0.479. The van der Waals surface area contributed by atoms with Crippen molar-refractivity contribution in [2.24, 2.45) is 0 Å². The van der Waals surface area contributed by atoms with Gasteiger partial charge in [0.15, 0.2) is 0 Å². The van der Waals surface area contributed by atoms with E-state index in [1.165, 1.54) is 0 Å². The van der Waals surface area contributed by atoms with Gasteiger partial charge in [0.25, 0.3) is 0 Å². The molecule has 0 amide bonds. The van der Waals surface area contributed by atoms with Crippen molar-refractivity contribution >= 4 is 5.78 Å². The molecule has 0 radical (unpaired) electrons. The van der Waals surface area contributed by atoms with Crippen molar-refractivity contribution in [3.05, 3.63) is 12.2 Å². The first-order valence-corrected chi connectivity index (χ1v) is 3.02. The molecular formula is C7H12O2. The molecule has 0 aliphatic rings. The Bertz CT molecular complexity index is 105. The molecule has 0 aliphatic carbocycles. The smallest absolute Gasteiger partial charge is 0.130 e. The molecule has 0 bridgehead atoms. The van der Waals surface area contributed by atoms with Gasteiger partial charge in [-0.2, -0.15) is 0 Å². The van der Waals surface area contributed by atoms with Crippen LogP contribution in [0.25, 0.3) is 0 Å². The molecule has 9 heavy (non-hydrogen) atoms. The van der Waals surface area contributed by atoms with Gasteiger partial charge in [0.05, 0.1) is 6.61 Å². The van der Waals surface area contributed by atoms with Crippen molar-refractivity contribution in [2.75, 3.05) is 6.61 Å². The Labute approximate surface area is 55.2 Å². The largest absolute Gasteiger partial charge is 0.392 e. The predicted molar refractivity (Wildman–Crippen MR) is 36.1 cm³/mol. The lowest BCUT2D eigenvalue weighted by atomic mass is 10.2. The van der Waals surface area contributed by atoms with Crippen molar-refractivity contribution in [2.45, 2.75) is 19.8 Å². The second kappa shape index (κ2) is 5.51. The lowest BCUT2D eigenvalue weighted by Gasteiger charge is -1.85. The number of carbonyl (C=O) groups excluding carboxylic acids is 1. The van der Waals surface area contributed by atoms with Crippen LogP contribution in [0.1, 0.15) is 19.8 Å². The summed E-state index contributed by atoms with van der Waals surface area (Å²) in [5, 5.41) is 8.26. The number of allylic oxidation sites excluding steroid dienone is 1. The number of Topliss-reactive ketones (excluding diaryl/α,β-unsaturated/α-hetero) is 1. The van der Waals surface area contributed by atoms with Crippen LogP contribution in [-0.2, 0) is 4.79 Å². The van der Waals surface area contributed by atoms with Crippen LogP contribution in [0.2, 0.25) is 0 Å². The fraction of sp³-hybridized carbons (Fsp3) is 0.571. The topological polar surface area (TPSA) is 37.3 Å². The van der Waals surface area contributed by atoms with Gasteiger partial charge in [-0.05, 0) is 13.3 Å². The summed E-state index contributed by atoms with van der Waals surface area (Å²) in [5.74, 6) is 0.192. The molecular weight excluding hydrogens is 116 g/mol. The Kier molecular flexibility index (Phi) is 5.12. The molecule has 0 rings (SSSR count). The van der Waals surface area contributed by atoms with E-state index >= 15 is 0 Å². The summed E-state index contributed by atoms with van der Waals surface area (Å²) >= 11 is 0. The fourth-order valence-corrected chi connectivity index (χ4v) is 0.479. The average Bonchev–Trinajstić information content (AvgIpc) is 1.80. The lowest BCUT2D eigenvalue weighted by molar-refractivity contribution is -0.116. The summed E-state index contributed by atoms with van der Waals surface area (Å²) in [6.45, 7) is 1.63. The second-order valence-electron chi connectivity index (χ2n) is 1.89. The van der Waals surface area contributed by atoms with Crippen molar-refractivity contribution in [3.63, 3.8) is 0 Å². The number of ketones is 1. The number of aliphatic hydroxyl groups excluding tert-OH is 1. The maximum Gasteiger partial charge on any atom is 0.130 e. The molecule has 0 atom stereocenters. The Morgan fingerprint density at radius 1 is 1.56 bits per heavy atom. The van der Waals surface area contributed by atoms with Gasteiger partial charge in [-0.3, -0.25) is 0 Å². The molecule has 2 nitrogen and oxygen atoms in total. The van der Waals surface area contributed by atoms with Crippen molar-refractivity contribution in [1.82, 2.24) is 0 Å². The highest BCUT2D eigenvalue weighted by atomic mass is 16.2. The number of hydrogen-bond donors (Lipinski definition) is 1. The van der Waals surface area contributed by atoms with Crippen LogP contribution in [-0.4, -0.2) is 17.5 Å². The zero-order valence-electron chi connectivity index (χ0n) is 5.63. The molecule has 0 unspecified atom stereocenters. The molecule has 0 aromatic carbocycles. The summed E-state index contributed by atoms with van der Waals surface area (Å²) in [7, 11) is 0. The third-order valence-electron chi connectivity index (χ3n) is 0.935. The molecule has 0 heterocycles. The predicted octanol–water partition coefficient (Wildman–Crippen LogP) is 0.904. The van der Waals surface area contributed by atoms with Crippen LogP contribution < -0.4 is 0 Å². The Balaban J connectivity index is 3.09. The van der Waals surface area contributed by atoms with Crippen LogP contribution in [0.15, 0.2) is 12.2 Å². The lowest BCUT2D eigenvalue weighted by Crippen LogP contribution is -1.86. The highest BCUT2D eigenvalue weighted by molar-refractivity contribution is 5.75. The van der Waals surface area contributed by atoms with Crippen molar-refractivity contribution in [1.29, 1.82) is 0 Å². The first-order chi connectivity index (χ1) is 4.27. The molecule has 0 fully saturated rings. The van der Waals surface area contributed by atoms with Gasteiger partial charge in [0, 0.05) is 6.42 Å². The number of rotatable bonds is 4. The third kappa shape index (κ3) is 7.37. The Hall–Kier alpha value is -0.630. The van der Waals surface area contributed by atoms with E-state index in [0.29, 0.717) is 6.42 Å². The summed E-state index contributed by atoms with van der Waals surface area (Å²) in [5.41, 5.74) is 0. The summed E-state index contributed by atoms with van der Waals surface area (Å²) < 4.78 is 0. The van der Waals surface area contributed by atoms with Gasteiger partial charge in [-0.1, -0.05) is 12.2 Å². The zero-order chi connectivity index (χ0) is 7.11. The quantitative estimate of drug-likeness (QED) is 0.571. The molecule has 0 aromatic heterocycles. The maximum absolute atomic E-state index is 10.3. The number of carbonyl (C=O) groups is 1. The van der Waals surface area contributed by atoms with E-state index in [2.05, 4.69) is 0 Å². The zero-order valence-corrected chi connectivity index (χ0v) is 5.63. The van der Waals surface area contributed by atoms with Crippen LogP contribution in [0.4, 0.5) is 0 Å². The van der Waals surface area contributed by atoms with Crippen LogP contribution in [0, 0.1) is 0 Å². The maximum atomic E-state index is 10.3. The summed E-state index contributed by atoms with van der Waals surface area (Å²) in [6.07, 6.45) is 4.77. The van der Waals surface area contributed by atoms with Crippen LogP contribution >= 0.6 is 0 Å². The highest BCUT2D eigenvalue weighted by Crippen LogP contribution is 1.90. The van der Waals surface area contributed by atoms with Crippen LogP contribution in [0.3, 0.4) is 0 Å². The molecule has 52 valence electrons. The first kappa shape index (κ1) is 8.37. The second-order valence-corrected chi connectivity index (χ2v) is 1.89. The van der Waals surface area contributed by atoms with E-state index in [1.807, 2.05) is 0 Å². The first-order valence-electron chi connectivity index (χ1n) is 3.02. The monoisotopic (exact) mass is 128 g/mol. The van der Waals surface area contributed by atoms with E-state index < -0.39 is 0 Å². The third-order valence-corrected chi connectivity index (χ3v) is 0.935. The van der Waals surface area contributed by atoms with E-state index in [1.54, 1.807) is 19.1 Å². The van der Waals surface area contributed by atoms with Gasteiger partial charge in [0.2, 0.25) is 0 Å². The van der Waals surface area contributed by atoms with E-state index in [-0.39, 0.29) is 12.4 Å². The Morgan fingerprint density at radius 2 is 2.22 bits per heavy atom. The van der Waals surface area contributed by atoms with Crippen molar-refractivity contribution < 1.29 is 9.90 Å². The molecule has 1 N–H and O–H groups in total. The summed E-state index contributed by atoms with van der Waals surface area (Å²) in [4.78, 5) is 10.3. The minimum atomic E-state index is 0.0674. The van der Waals surface area contributed by atoms with E-state index in [9.17, 15) is 4.79 Å². The summed E-state index contributed by atoms with van der Waals surface area (Å²) in [6, 6.07) is 0. The molecule has 0 aromatic rings. The standard InChI is InChI=1S/C7H12O2/c1-7(9)5-3-2-4-6-8/h2,4,8H,3,5-6H2,1H3. The number of aliphatic hydroxyl groups is 1. The molecule has 0 saturated heterocycles. The van der Waals surface area contributed by atoms with Gasteiger partial charge < -0.3 is 9.90 Å². The van der Waals surface area contributed by atoms with Crippen LogP contribution in [0.5, 0.6) is 0 Å². The minimum Gasteiger partial charge on any atom is -0.392 e. The van der Waals surface area contributed by atoms with Gasteiger partial charge >= 0.3 is 0 Å². The average molecular weight is 128 g/mol. The van der Waals surface area contributed by atoms with Gasteiger partial charge in [-0.15, -0.1) is 0 Å². The normalized spacial score (nSPS) is 10.4. The van der Waals surface area contributed by atoms with E-state index in [0.717, 1.165) is 6.42 Å². The number of hydrogen-bond acceptors (Lipinski definition) is 2. The molecule has 0 spiro atoms. The molecule has 0 aliphatic heterocycles. The molecule has 2 heteroatoms. The van der Waals surface area contributed by atoms with Gasteiger partial charge in [0.1, 0.15) is 5.78 Å². The van der Waals surface area contributed by atoms with E-state index in [4.69, 9.17) is 5.11 Å².